The molecule has 3 aromatic heterocycles. The van der Waals surface area contributed by atoms with E-state index in [0.29, 0.717) is 23.7 Å². The predicted octanol–water partition coefficient (Wildman–Crippen LogP) is 5.83. The Bertz CT molecular complexity index is 1500. The van der Waals surface area contributed by atoms with Gasteiger partial charge in [0.25, 0.3) is 5.91 Å². The third-order valence-electron chi connectivity index (χ3n) is 6.01. The van der Waals surface area contributed by atoms with Crippen LogP contribution in [0.15, 0.2) is 85.3 Å². The summed E-state index contributed by atoms with van der Waals surface area (Å²) in [4.78, 5) is 28.2. The lowest BCUT2D eigenvalue weighted by Crippen LogP contribution is -2.29. The van der Waals surface area contributed by atoms with Crippen LogP contribution >= 0.6 is 11.3 Å². The van der Waals surface area contributed by atoms with Gasteiger partial charge >= 0.3 is 0 Å². The quantitative estimate of drug-likeness (QED) is 0.251. The zero-order valence-electron chi connectivity index (χ0n) is 19.8. The van der Waals surface area contributed by atoms with E-state index in [9.17, 15) is 4.79 Å². The van der Waals surface area contributed by atoms with Crippen LogP contribution in [0.25, 0.3) is 21.3 Å². The van der Waals surface area contributed by atoms with Crippen molar-refractivity contribution < 1.29 is 4.79 Å². The number of anilines is 2. The fourth-order valence-electron chi connectivity index (χ4n) is 4.10. The molecule has 3 heterocycles. The van der Waals surface area contributed by atoms with Crippen molar-refractivity contribution in [2.45, 2.75) is 25.9 Å². The van der Waals surface area contributed by atoms with Crippen molar-refractivity contribution >= 4 is 39.8 Å². The highest BCUT2D eigenvalue weighted by molar-refractivity contribution is 7.15. The lowest BCUT2D eigenvalue weighted by Gasteiger charge is -2.18. The number of amides is 1. The Hall–Kier alpha value is -4.30. The number of rotatable bonds is 8. The van der Waals surface area contributed by atoms with Gasteiger partial charge in [0.1, 0.15) is 18.0 Å². The summed E-state index contributed by atoms with van der Waals surface area (Å²) in [5, 5.41) is 7.33. The molecule has 36 heavy (non-hydrogen) atoms. The number of carbonyl (C=O) groups excluding carboxylic acids is 1. The summed E-state index contributed by atoms with van der Waals surface area (Å²) in [7, 11) is 0. The van der Waals surface area contributed by atoms with E-state index >= 15 is 0 Å². The summed E-state index contributed by atoms with van der Waals surface area (Å²) < 4.78 is 0. The van der Waals surface area contributed by atoms with Crippen molar-refractivity contribution in [1.29, 1.82) is 0 Å². The molecule has 8 heteroatoms. The first-order valence-electron chi connectivity index (χ1n) is 11.8. The van der Waals surface area contributed by atoms with Crippen LogP contribution in [-0.4, -0.2) is 20.9 Å². The van der Waals surface area contributed by atoms with E-state index < -0.39 is 0 Å². The standard InChI is InChI=1S/C28H26N6OS/c1-2-23(18-7-4-3-5-8-18)34-28(35)21-9-6-14-30-27(21)31-16-20-11-13-25(36-20)19-10-12-24-22(15-19)26(29)33-17-32-24/h3-15,17,23H,2,16H2,1H3,(H,30,31)(H,34,35)(H2,29,32,33)/t23-/m0/s1. The van der Waals surface area contributed by atoms with Crippen LogP contribution in [0, 0.1) is 0 Å². The summed E-state index contributed by atoms with van der Waals surface area (Å²) in [6, 6.07) is 23.7. The third kappa shape index (κ3) is 5.04. The van der Waals surface area contributed by atoms with Crippen LogP contribution in [0.2, 0.25) is 0 Å². The van der Waals surface area contributed by atoms with Crippen molar-refractivity contribution in [3.63, 3.8) is 0 Å². The number of nitrogens with two attached hydrogens (primary N) is 1. The molecule has 0 bridgehead atoms. The minimum absolute atomic E-state index is 0.0620. The van der Waals surface area contributed by atoms with E-state index in [1.165, 1.54) is 6.33 Å². The van der Waals surface area contributed by atoms with E-state index in [1.807, 2.05) is 48.5 Å². The smallest absolute Gasteiger partial charge is 0.255 e. The third-order valence-corrected chi connectivity index (χ3v) is 7.14. The maximum atomic E-state index is 13.1. The molecule has 1 atom stereocenters. The van der Waals surface area contributed by atoms with Crippen LogP contribution in [0.1, 0.15) is 40.2 Å². The number of hydrogen-bond donors (Lipinski definition) is 3. The molecule has 0 aliphatic rings. The van der Waals surface area contributed by atoms with Gasteiger partial charge in [0, 0.05) is 21.3 Å². The summed E-state index contributed by atoms with van der Waals surface area (Å²) in [5.41, 5.74) is 9.52. The molecule has 1 amide bonds. The minimum atomic E-state index is -0.149. The molecule has 0 saturated heterocycles. The minimum Gasteiger partial charge on any atom is -0.383 e. The van der Waals surface area contributed by atoms with E-state index in [-0.39, 0.29) is 11.9 Å². The number of nitrogen functional groups attached to an aromatic ring is 1. The molecular formula is C28H26N6OS. The Morgan fingerprint density at radius 3 is 2.69 bits per heavy atom. The number of nitrogens with one attached hydrogen (secondary N) is 2. The SMILES string of the molecule is CC[C@H](NC(=O)c1cccnc1NCc1ccc(-c2ccc3ncnc(N)c3c2)s1)c1ccccc1. The molecule has 4 N–H and O–H groups in total. The lowest BCUT2D eigenvalue weighted by molar-refractivity contribution is 0.0936. The number of pyridine rings is 1. The molecule has 0 radical (unpaired) electrons. The van der Waals surface area contributed by atoms with Crippen molar-refractivity contribution in [3.8, 4) is 10.4 Å². The lowest BCUT2D eigenvalue weighted by atomic mass is 10.0. The van der Waals surface area contributed by atoms with Crippen molar-refractivity contribution in [3.05, 3.63) is 101 Å². The van der Waals surface area contributed by atoms with E-state index in [0.717, 1.165) is 38.2 Å². The molecule has 0 unspecified atom stereocenters. The maximum Gasteiger partial charge on any atom is 0.255 e. The number of benzene rings is 2. The van der Waals surface area contributed by atoms with Gasteiger partial charge in [-0.25, -0.2) is 15.0 Å². The highest BCUT2D eigenvalue weighted by atomic mass is 32.1. The Morgan fingerprint density at radius 1 is 1.00 bits per heavy atom. The van der Waals surface area contributed by atoms with Gasteiger partial charge in [-0.2, -0.15) is 0 Å². The Labute approximate surface area is 213 Å². The monoisotopic (exact) mass is 494 g/mol. The summed E-state index contributed by atoms with van der Waals surface area (Å²) in [5.74, 6) is 0.881. The molecule has 180 valence electrons. The molecule has 0 aliphatic heterocycles. The second-order valence-electron chi connectivity index (χ2n) is 8.35. The first-order valence-corrected chi connectivity index (χ1v) is 12.6. The van der Waals surface area contributed by atoms with Gasteiger partial charge in [0.15, 0.2) is 0 Å². The molecule has 0 aliphatic carbocycles. The van der Waals surface area contributed by atoms with Crippen molar-refractivity contribution in [2.75, 3.05) is 11.1 Å². The largest absolute Gasteiger partial charge is 0.383 e. The van der Waals surface area contributed by atoms with Gasteiger partial charge in [-0.15, -0.1) is 11.3 Å². The van der Waals surface area contributed by atoms with Crippen LogP contribution in [0.4, 0.5) is 11.6 Å². The second kappa shape index (κ2) is 10.5. The van der Waals surface area contributed by atoms with Gasteiger partial charge in [-0.05, 0) is 53.9 Å². The number of nitrogens with zero attached hydrogens (tertiary/aromatic N) is 3. The molecule has 0 fully saturated rings. The molecule has 2 aromatic carbocycles. The highest BCUT2D eigenvalue weighted by Gasteiger charge is 2.17. The molecular weight excluding hydrogens is 468 g/mol. The number of carbonyl (C=O) groups is 1. The van der Waals surface area contributed by atoms with Crippen LogP contribution < -0.4 is 16.4 Å². The number of fused-ring (bicyclic) bond motifs is 1. The average Bonchev–Trinajstić information content (AvgIpc) is 3.40. The zero-order chi connectivity index (χ0) is 24.9. The normalized spacial score (nSPS) is 11.8. The maximum absolute atomic E-state index is 13.1. The topological polar surface area (TPSA) is 106 Å². The van der Waals surface area contributed by atoms with Crippen LogP contribution in [0.3, 0.4) is 0 Å². The number of aromatic nitrogens is 3. The number of thiophene rings is 1. The van der Waals surface area contributed by atoms with Crippen molar-refractivity contribution in [2.24, 2.45) is 0 Å². The average molecular weight is 495 g/mol. The fourth-order valence-corrected chi connectivity index (χ4v) is 5.04. The molecule has 5 rings (SSSR count). The van der Waals surface area contributed by atoms with Gasteiger partial charge in [-0.1, -0.05) is 43.3 Å². The molecule has 5 aromatic rings. The Kier molecular flexibility index (Phi) is 6.86. The van der Waals surface area contributed by atoms with E-state index in [2.05, 4.69) is 44.6 Å². The number of hydrogen-bond acceptors (Lipinski definition) is 7. The summed E-state index contributed by atoms with van der Waals surface area (Å²) in [6.07, 6.45) is 3.96. The first kappa shape index (κ1) is 23.4. The Balaban J connectivity index is 1.30. The van der Waals surface area contributed by atoms with Crippen molar-refractivity contribution in [1.82, 2.24) is 20.3 Å². The van der Waals surface area contributed by atoms with Crippen LogP contribution in [0.5, 0.6) is 0 Å². The van der Waals surface area contributed by atoms with E-state index in [4.69, 9.17) is 5.73 Å². The van der Waals surface area contributed by atoms with Gasteiger partial charge < -0.3 is 16.4 Å². The van der Waals surface area contributed by atoms with Gasteiger partial charge in [0.2, 0.25) is 0 Å². The fraction of sp³-hybridized carbons (Fsp3) is 0.143. The molecule has 7 nitrogen and oxygen atoms in total. The second-order valence-corrected chi connectivity index (χ2v) is 9.52. The van der Waals surface area contributed by atoms with Gasteiger partial charge in [0.05, 0.1) is 23.7 Å². The zero-order valence-corrected chi connectivity index (χ0v) is 20.6. The van der Waals surface area contributed by atoms with E-state index in [1.54, 1.807) is 29.7 Å². The predicted molar refractivity (Wildman–Crippen MR) is 146 cm³/mol. The Morgan fingerprint density at radius 2 is 1.86 bits per heavy atom. The first-order chi connectivity index (χ1) is 17.6. The summed E-state index contributed by atoms with van der Waals surface area (Å²) in [6.45, 7) is 2.61. The molecule has 0 saturated carbocycles. The summed E-state index contributed by atoms with van der Waals surface area (Å²) >= 11 is 1.67. The molecule has 0 spiro atoms. The highest BCUT2D eigenvalue weighted by Crippen LogP contribution is 2.31. The van der Waals surface area contributed by atoms with Crippen LogP contribution in [-0.2, 0) is 6.54 Å². The van der Waals surface area contributed by atoms with Gasteiger partial charge in [-0.3, -0.25) is 4.79 Å².